The number of amides is 1. The third-order valence-corrected chi connectivity index (χ3v) is 4.81. The Bertz CT molecular complexity index is 892. The van der Waals surface area contributed by atoms with E-state index in [0.717, 1.165) is 24.3 Å². The number of nitrogens with zero attached hydrogens (tertiary/aromatic N) is 1. The van der Waals surface area contributed by atoms with Crippen molar-refractivity contribution in [3.63, 3.8) is 0 Å². The summed E-state index contributed by atoms with van der Waals surface area (Å²) >= 11 is 0. The standard InChI is InChI=1S/C16H17F3N2O5S/c1-11-3-4-13(25-11)10-21(2)15(22)9-20-27(23,24)14-7-5-12(6-8-14)26-16(17,18)19/h3-8,20H,9-10H2,1-2H3. The number of nitrogens with one attached hydrogen (secondary N) is 1. The summed E-state index contributed by atoms with van der Waals surface area (Å²) in [6.07, 6.45) is -4.87. The Balaban J connectivity index is 1.94. The normalized spacial score (nSPS) is 12.0. The molecule has 0 bridgehead atoms. The zero-order chi connectivity index (χ0) is 20.2. The number of likely N-dealkylation sites (N-methyl/N-ethyl adjacent to an activating group) is 1. The van der Waals surface area contributed by atoms with Crippen LogP contribution in [0, 0.1) is 6.92 Å². The minimum atomic E-state index is -4.87. The van der Waals surface area contributed by atoms with Gasteiger partial charge >= 0.3 is 6.36 Å². The molecule has 7 nitrogen and oxygen atoms in total. The monoisotopic (exact) mass is 406 g/mol. The van der Waals surface area contributed by atoms with Crippen LogP contribution in [-0.4, -0.2) is 39.2 Å². The summed E-state index contributed by atoms with van der Waals surface area (Å²) in [4.78, 5) is 13.0. The first kappa shape index (κ1) is 20.8. The zero-order valence-electron chi connectivity index (χ0n) is 14.4. The second kappa shape index (κ2) is 8.01. The van der Waals surface area contributed by atoms with E-state index in [1.165, 1.54) is 11.9 Å². The first-order valence-corrected chi connectivity index (χ1v) is 9.09. The molecule has 0 fully saturated rings. The molecule has 1 aromatic heterocycles. The second-order valence-electron chi connectivity index (χ2n) is 5.61. The fourth-order valence-electron chi connectivity index (χ4n) is 2.09. The number of hydrogen-bond acceptors (Lipinski definition) is 5. The van der Waals surface area contributed by atoms with Crippen molar-refractivity contribution >= 4 is 15.9 Å². The van der Waals surface area contributed by atoms with Gasteiger partial charge in [-0.3, -0.25) is 4.79 Å². The van der Waals surface area contributed by atoms with Crippen molar-refractivity contribution in [1.29, 1.82) is 0 Å². The molecule has 2 aromatic rings. The summed E-state index contributed by atoms with van der Waals surface area (Å²) in [5.41, 5.74) is 0. The van der Waals surface area contributed by atoms with Gasteiger partial charge < -0.3 is 14.1 Å². The lowest BCUT2D eigenvalue weighted by Gasteiger charge is -2.16. The molecule has 0 atom stereocenters. The molecule has 1 N–H and O–H groups in total. The number of ether oxygens (including phenoxy) is 1. The van der Waals surface area contributed by atoms with Crippen LogP contribution in [-0.2, 0) is 21.4 Å². The predicted octanol–water partition coefficient (Wildman–Crippen LogP) is 2.42. The average molecular weight is 406 g/mol. The molecule has 2 rings (SSSR count). The Labute approximate surface area is 153 Å². The van der Waals surface area contributed by atoms with Gasteiger partial charge in [0.15, 0.2) is 0 Å². The van der Waals surface area contributed by atoms with Crippen molar-refractivity contribution < 1.29 is 35.5 Å². The van der Waals surface area contributed by atoms with Crippen molar-refractivity contribution in [2.75, 3.05) is 13.6 Å². The van der Waals surface area contributed by atoms with Crippen LogP contribution in [0.4, 0.5) is 13.2 Å². The predicted molar refractivity (Wildman–Crippen MR) is 88.2 cm³/mol. The Hall–Kier alpha value is -2.53. The first-order valence-electron chi connectivity index (χ1n) is 7.61. The largest absolute Gasteiger partial charge is 0.573 e. The lowest BCUT2D eigenvalue weighted by Crippen LogP contribution is -2.37. The molecule has 0 radical (unpaired) electrons. The van der Waals surface area contributed by atoms with E-state index in [4.69, 9.17) is 4.42 Å². The van der Waals surface area contributed by atoms with Crippen LogP contribution in [0.2, 0.25) is 0 Å². The number of sulfonamides is 1. The number of hydrogen-bond donors (Lipinski definition) is 1. The van der Waals surface area contributed by atoms with E-state index in [1.54, 1.807) is 19.1 Å². The van der Waals surface area contributed by atoms with Gasteiger partial charge in [-0.05, 0) is 43.3 Å². The SMILES string of the molecule is Cc1ccc(CN(C)C(=O)CNS(=O)(=O)c2ccc(OC(F)(F)F)cc2)o1. The molecule has 0 aliphatic carbocycles. The van der Waals surface area contributed by atoms with Crippen LogP contribution < -0.4 is 9.46 Å². The molecule has 0 aliphatic rings. The summed E-state index contributed by atoms with van der Waals surface area (Å²) in [6, 6.07) is 7.08. The van der Waals surface area contributed by atoms with Gasteiger partial charge in [0.1, 0.15) is 17.3 Å². The van der Waals surface area contributed by atoms with E-state index in [-0.39, 0.29) is 11.4 Å². The highest BCUT2D eigenvalue weighted by Crippen LogP contribution is 2.23. The van der Waals surface area contributed by atoms with E-state index in [2.05, 4.69) is 9.46 Å². The maximum Gasteiger partial charge on any atom is 0.573 e. The Morgan fingerprint density at radius 3 is 2.33 bits per heavy atom. The molecular weight excluding hydrogens is 389 g/mol. The van der Waals surface area contributed by atoms with Crippen LogP contribution in [0.15, 0.2) is 45.7 Å². The third kappa shape index (κ3) is 6.29. The van der Waals surface area contributed by atoms with Gasteiger partial charge in [-0.1, -0.05) is 0 Å². The van der Waals surface area contributed by atoms with Gasteiger partial charge in [-0.25, -0.2) is 13.1 Å². The molecule has 1 aromatic carbocycles. The minimum Gasteiger partial charge on any atom is -0.464 e. The van der Waals surface area contributed by atoms with Gasteiger partial charge in [-0.2, -0.15) is 0 Å². The molecule has 0 saturated heterocycles. The number of carbonyl (C=O) groups is 1. The molecule has 1 heterocycles. The molecule has 0 saturated carbocycles. The van der Waals surface area contributed by atoms with E-state index in [0.29, 0.717) is 11.5 Å². The molecular formula is C16H17F3N2O5S. The summed E-state index contributed by atoms with van der Waals surface area (Å²) < 4.78 is 71.8. The molecule has 0 aliphatic heterocycles. The van der Waals surface area contributed by atoms with Crippen LogP contribution in [0.3, 0.4) is 0 Å². The fourth-order valence-corrected chi connectivity index (χ4v) is 3.06. The number of rotatable bonds is 7. The summed E-state index contributed by atoms with van der Waals surface area (Å²) in [6.45, 7) is 1.40. The molecule has 1 amide bonds. The lowest BCUT2D eigenvalue weighted by atomic mass is 10.3. The van der Waals surface area contributed by atoms with E-state index in [9.17, 15) is 26.4 Å². The zero-order valence-corrected chi connectivity index (χ0v) is 15.2. The Morgan fingerprint density at radius 1 is 1.19 bits per heavy atom. The van der Waals surface area contributed by atoms with Gasteiger partial charge in [0.05, 0.1) is 18.0 Å². The number of alkyl halides is 3. The first-order chi connectivity index (χ1) is 12.5. The van der Waals surface area contributed by atoms with E-state index < -0.39 is 34.6 Å². The van der Waals surface area contributed by atoms with E-state index >= 15 is 0 Å². The van der Waals surface area contributed by atoms with Crippen LogP contribution in [0.1, 0.15) is 11.5 Å². The smallest absolute Gasteiger partial charge is 0.464 e. The summed E-state index contributed by atoms with van der Waals surface area (Å²) in [5.74, 6) is 0.173. The van der Waals surface area contributed by atoms with Crippen molar-refractivity contribution in [2.45, 2.75) is 24.7 Å². The van der Waals surface area contributed by atoms with Crippen LogP contribution in [0.5, 0.6) is 5.75 Å². The molecule has 0 unspecified atom stereocenters. The Morgan fingerprint density at radius 2 is 1.81 bits per heavy atom. The van der Waals surface area contributed by atoms with E-state index in [1.807, 2.05) is 0 Å². The maximum absolute atomic E-state index is 12.2. The fraction of sp³-hybridized carbons (Fsp3) is 0.312. The number of aryl methyl sites for hydroxylation is 1. The van der Waals surface area contributed by atoms with Crippen molar-refractivity contribution in [3.8, 4) is 5.75 Å². The quantitative estimate of drug-likeness (QED) is 0.763. The van der Waals surface area contributed by atoms with Gasteiger partial charge in [0, 0.05) is 7.05 Å². The van der Waals surface area contributed by atoms with Crippen molar-refractivity contribution in [2.24, 2.45) is 0 Å². The maximum atomic E-state index is 12.2. The average Bonchev–Trinajstić information content (AvgIpc) is 2.96. The summed E-state index contributed by atoms with van der Waals surface area (Å²) in [7, 11) is -2.59. The molecule has 11 heteroatoms. The summed E-state index contributed by atoms with van der Waals surface area (Å²) in [5, 5.41) is 0. The van der Waals surface area contributed by atoms with Crippen molar-refractivity contribution in [1.82, 2.24) is 9.62 Å². The number of halogens is 3. The van der Waals surface area contributed by atoms with Gasteiger partial charge in [-0.15, -0.1) is 13.2 Å². The number of carbonyl (C=O) groups excluding carboxylic acids is 1. The van der Waals surface area contributed by atoms with Crippen LogP contribution >= 0.6 is 0 Å². The van der Waals surface area contributed by atoms with Gasteiger partial charge in [0.2, 0.25) is 15.9 Å². The highest BCUT2D eigenvalue weighted by molar-refractivity contribution is 7.89. The highest BCUT2D eigenvalue weighted by Gasteiger charge is 2.31. The molecule has 148 valence electrons. The lowest BCUT2D eigenvalue weighted by molar-refractivity contribution is -0.274. The number of benzene rings is 1. The molecule has 0 spiro atoms. The second-order valence-corrected chi connectivity index (χ2v) is 7.37. The van der Waals surface area contributed by atoms with Gasteiger partial charge in [0.25, 0.3) is 0 Å². The Kier molecular flexibility index (Phi) is 6.16. The topological polar surface area (TPSA) is 88.9 Å². The highest BCUT2D eigenvalue weighted by atomic mass is 32.2. The van der Waals surface area contributed by atoms with Crippen LogP contribution in [0.25, 0.3) is 0 Å². The number of furan rings is 1. The third-order valence-electron chi connectivity index (χ3n) is 3.40. The van der Waals surface area contributed by atoms with Crippen molar-refractivity contribution in [3.05, 3.63) is 47.9 Å². The molecule has 27 heavy (non-hydrogen) atoms. The minimum absolute atomic E-state index is 0.165.